The van der Waals surface area contributed by atoms with E-state index in [0.717, 1.165) is 5.56 Å². The van der Waals surface area contributed by atoms with Crippen molar-refractivity contribution in [2.24, 2.45) is 4.99 Å². The van der Waals surface area contributed by atoms with Crippen LogP contribution in [0.3, 0.4) is 0 Å². The Morgan fingerprint density at radius 1 is 1.06 bits per heavy atom. The summed E-state index contributed by atoms with van der Waals surface area (Å²) >= 11 is 0. The second kappa shape index (κ2) is 13.1. The molecule has 0 aliphatic carbocycles. The highest BCUT2D eigenvalue weighted by atomic mass is 19.3. The first-order chi connectivity index (χ1) is 15.4. The van der Waals surface area contributed by atoms with Gasteiger partial charge in [-0.3, -0.25) is 4.79 Å². The summed E-state index contributed by atoms with van der Waals surface area (Å²) in [6, 6.07) is 12.3. The maximum Gasteiger partial charge on any atom is 0.387 e. The molecule has 0 aliphatic rings. The predicted molar refractivity (Wildman–Crippen MR) is 121 cm³/mol. The topological polar surface area (TPSA) is 84.0 Å². The largest absolute Gasteiger partial charge is 0.490 e. The number of ether oxygens (including phenoxy) is 2. The molecule has 0 unspecified atom stereocenters. The smallest absolute Gasteiger partial charge is 0.387 e. The number of amides is 1. The van der Waals surface area contributed by atoms with Gasteiger partial charge in [0.1, 0.15) is 0 Å². The van der Waals surface area contributed by atoms with Crippen LogP contribution in [0.25, 0.3) is 0 Å². The van der Waals surface area contributed by atoms with Crippen LogP contribution >= 0.6 is 0 Å². The Bertz CT molecular complexity index is 907. The lowest BCUT2D eigenvalue weighted by Gasteiger charge is -2.15. The Balaban J connectivity index is 1.98. The first-order valence-corrected chi connectivity index (χ1v) is 10.5. The molecule has 0 bridgehead atoms. The molecule has 174 valence electrons. The van der Waals surface area contributed by atoms with Crippen molar-refractivity contribution >= 4 is 11.9 Å². The number of aryl methyl sites for hydroxylation is 1. The number of para-hydroxylation sites is 1. The minimum absolute atomic E-state index is 0.0191. The summed E-state index contributed by atoms with van der Waals surface area (Å²) in [4.78, 5) is 16.7. The number of rotatable bonds is 11. The summed E-state index contributed by atoms with van der Waals surface area (Å²) in [7, 11) is 0. The molecule has 7 nitrogen and oxygen atoms in total. The van der Waals surface area contributed by atoms with Crippen molar-refractivity contribution in [1.29, 1.82) is 0 Å². The summed E-state index contributed by atoms with van der Waals surface area (Å²) in [6.45, 7) is 4.50. The number of hydrogen-bond donors (Lipinski definition) is 3. The highest BCUT2D eigenvalue weighted by molar-refractivity contribution is 5.94. The average Bonchev–Trinajstić information content (AvgIpc) is 2.76. The molecule has 2 aromatic rings. The zero-order valence-corrected chi connectivity index (χ0v) is 18.6. The van der Waals surface area contributed by atoms with Crippen LogP contribution in [-0.4, -0.2) is 44.7 Å². The fraction of sp³-hybridized carbons (Fsp3) is 0.391. The van der Waals surface area contributed by atoms with Gasteiger partial charge in [0.15, 0.2) is 17.5 Å². The Kier molecular flexibility index (Phi) is 10.2. The van der Waals surface area contributed by atoms with Gasteiger partial charge in [-0.15, -0.1) is 0 Å². The van der Waals surface area contributed by atoms with E-state index in [9.17, 15) is 13.6 Å². The van der Waals surface area contributed by atoms with E-state index in [2.05, 4.69) is 25.7 Å². The predicted octanol–water partition coefficient (Wildman–Crippen LogP) is 3.48. The second-order valence-electron chi connectivity index (χ2n) is 6.80. The lowest BCUT2D eigenvalue weighted by molar-refractivity contribution is -0.0520. The third-order valence-corrected chi connectivity index (χ3v) is 4.30. The molecule has 0 radical (unpaired) electrons. The highest BCUT2D eigenvalue weighted by Gasteiger charge is 2.15. The Hall–Kier alpha value is -3.36. The Morgan fingerprint density at radius 2 is 1.81 bits per heavy atom. The van der Waals surface area contributed by atoms with E-state index < -0.39 is 6.61 Å². The minimum Gasteiger partial charge on any atom is -0.490 e. The molecule has 0 heterocycles. The van der Waals surface area contributed by atoms with Crippen molar-refractivity contribution in [3.8, 4) is 11.5 Å². The van der Waals surface area contributed by atoms with Gasteiger partial charge in [0.25, 0.3) is 5.91 Å². The van der Waals surface area contributed by atoms with Gasteiger partial charge in [-0.05, 0) is 39.0 Å². The summed E-state index contributed by atoms with van der Waals surface area (Å²) in [5, 5.41) is 9.04. The third-order valence-electron chi connectivity index (χ3n) is 4.30. The van der Waals surface area contributed by atoms with Gasteiger partial charge in [-0.25, -0.2) is 4.99 Å². The number of carbonyl (C=O) groups excluding carboxylic acids is 1. The van der Waals surface area contributed by atoms with E-state index in [4.69, 9.17) is 4.74 Å². The fourth-order valence-electron chi connectivity index (χ4n) is 2.93. The third kappa shape index (κ3) is 8.05. The Labute approximate surface area is 187 Å². The molecule has 0 aromatic heterocycles. The molecule has 0 spiro atoms. The van der Waals surface area contributed by atoms with Crippen LogP contribution in [0.1, 0.15) is 35.3 Å². The SMILES string of the molecule is CCNC(=NCc1cccc(OCC)c1OC(F)F)NCCNC(=O)c1cccc(C)c1. The van der Waals surface area contributed by atoms with Crippen LogP contribution in [0.4, 0.5) is 8.78 Å². The van der Waals surface area contributed by atoms with E-state index >= 15 is 0 Å². The maximum atomic E-state index is 12.9. The minimum atomic E-state index is -2.97. The van der Waals surface area contributed by atoms with E-state index in [1.807, 2.05) is 32.0 Å². The maximum absolute atomic E-state index is 12.9. The van der Waals surface area contributed by atoms with Crippen molar-refractivity contribution in [1.82, 2.24) is 16.0 Å². The zero-order chi connectivity index (χ0) is 23.3. The van der Waals surface area contributed by atoms with Gasteiger partial charge in [-0.2, -0.15) is 8.78 Å². The van der Waals surface area contributed by atoms with E-state index in [1.54, 1.807) is 31.2 Å². The molecule has 0 atom stereocenters. The average molecular weight is 449 g/mol. The van der Waals surface area contributed by atoms with Crippen molar-refractivity contribution < 1.29 is 23.0 Å². The van der Waals surface area contributed by atoms with Gasteiger partial charge in [0.05, 0.1) is 13.2 Å². The molecule has 0 aliphatic heterocycles. The van der Waals surface area contributed by atoms with Crippen molar-refractivity contribution in [2.75, 3.05) is 26.2 Å². The quantitative estimate of drug-likeness (QED) is 0.279. The lowest BCUT2D eigenvalue weighted by atomic mass is 10.1. The molecule has 9 heteroatoms. The zero-order valence-electron chi connectivity index (χ0n) is 18.6. The monoisotopic (exact) mass is 448 g/mol. The van der Waals surface area contributed by atoms with Gasteiger partial charge in [0.2, 0.25) is 0 Å². The van der Waals surface area contributed by atoms with Gasteiger partial charge < -0.3 is 25.4 Å². The highest BCUT2D eigenvalue weighted by Crippen LogP contribution is 2.33. The summed E-state index contributed by atoms with van der Waals surface area (Å²) in [5.74, 6) is 0.563. The standard InChI is InChI=1S/C23H30F2N4O3/c1-4-26-23(28-13-12-27-21(30)17-9-6-8-16(3)14-17)29-15-18-10-7-11-19(31-5-2)20(18)32-22(24)25/h6-11,14,22H,4-5,12-13,15H2,1-3H3,(H,27,30)(H2,26,28,29). The van der Waals surface area contributed by atoms with Crippen LogP contribution in [-0.2, 0) is 6.54 Å². The molecule has 2 aromatic carbocycles. The normalized spacial score (nSPS) is 11.2. The van der Waals surface area contributed by atoms with Crippen LogP contribution < -0.4 is 25.4 Å². The molecule has 2 rings (SSSR count). The summed E-state index contributed by atoms with van der Waals surface area (Å²) in [5.41, 5.74) is 2.09. The molecule has 0 fully saturated rings. The number of guanidine groups is 1. The molecular weight excluding hydrogens is 418 g/mol. The lowest BCUT2D eigenvalue weighted by Crippen LogP contribution is -2.41. The Morgan fingerprint density at radius 3 is 2.50 bits per heavy atom. The van der Waals surface area contributed by atoms with Gasteiger partial charge >= 0.3 is 6.61 Å². The number of benzene rings is 2. The first-order valence-electron chi connectivity index (χ1n) is 10.5. The van der Waals surface area contributed by atoms with Gasteiger partial charge in [0, 0.05) is 30.8 Å². The van der Waals surface area contributed by atoms with Crippen LogP contribution in [0.15, 0.2) is 47.5 Å². The van der Waals surface area contributed by atoms with Gasteiger partial charge in [-0.1, -0.05) is 29.8 Å². The van der Waals surface area contributed by atoms with Crippen LogP contribution in [0.5, 0.6) is 11.5 Å². The number of carbonyl (C=O) groups is 1. The number of nitrogens with one attached hydrogen (secondary N) is 3. The fourth-order valence-corrected chi connectivity index (χ4v) is 2.93. The molecule has 0 saturated carbocycles. The molecule has 3 N–H and O–H groups in total. The van der Waals surface area contributed by atoms with Crippen LogP contribution in [0, 0.1) is 6.92 Å². The number of alkyl halides is 2. The molecule has 0 saturated heterocycles. The van der Waals surface area contributed by atoms with E-state index in [-0.39, 0.29) is 24.0 Å². The van der Waals surface area contributed by atoms with E-state index in [1.165, 1.54) is 0 Å². The van der Waals surface area contributed by atoms with Crippen molar-refractivity contribution in [3.05, 3.63) is 59.2 Å². The molecule has 32 heavy (non-hydrogen) atoms. The second-order valence-corrected chi connectivity index (χ2v) is 6.80. The first kappa shape index (κ1) is 24.9. The van der Waals surface area contributed by atoms with Crippen LogP contribution in [0.2, 0.25) is 0 Å². The number of hydrogen-bond acceptors (Lipinski definition) is 4. The number of halogens is 2. The van der Waals surface area contributed by atoms with E-state index in [0.29, 0.717) is 43.3 Å². The van der Waals surface area contributed by atoms with Crippen molar-refractivity contribution in [2.45, 2.75) is 33.9 Å². The number of aliphatic imine (C=N–C) groups is 1. The summed E-state index contributed by atoms with van der Waals surface area (Å²) < 4.78 is 35.8. The molecular formula is C23H30F2N4O3. The van der Waals surface area contributed by atoms with Crippen molar-refractivity contribution in [3.63, 3.8) is 0 Å². The summed E-state index contributed by atoms with van der Waals surface area (Å²) in [6.07, 6.45) is 0. The number of nitrogens with zero attached hydrogens (tertiary/aromatic N) is 1. The molecule has 1 amide bonds.